The Morgan fingerprint density at radius 3 is 2.59 bits per heavy atom. The lowest BCUT2D eigenvalue weighted by Gasteiger charge is -2.31. The van der Waals surface area contributed by atoms with Gasteiger partial charge in [0.15, 0.2) is 5.88 Å². The number of aromatic nitrogens is 2. The van der Waals surface area contributed by atoms with Crippen LogP contribution in [0.4, 0.5) is 13.2 Å². The molecule has 168 valence electrons. The maximum Gasteiger partial charge on any atom is 0.416 e. The van der Waals surface area contributed by atoms with E-state index in [2.05, 4.69) is 20.9 Å². The summed E-state index contributed by atoms with van der Waals surface area (Å²) in [5, 5.41) is 2.06. The van der Waals surface area contributed by atoms with Crippen molar-refractivity contribution >= 4 is 21.8 Å². The summed E-state index contributed by atoms with van der Waals surface area (Å²) < 4.78 is 44.8. The van der Waals surface area contributed by atoms with Crippen LogP contribution in [0.1, 0.15) is 36.3 Å². The van der Waals surface area contributed by atoms with Crippen molar-refractivity contribution in [1.82, 2.24) is 14.9 Å². The highest BCUT2D eigenvalue weighted by Gasteiger charge is 2.31. The number of fused-ring (bicyclic) bond motifs is 2. The molecule has 0 aliphatic carbocycles. The molecule has 3 heterocycles. The van der Waals surface area contributed by atoms with Crippen LogP contribution in [0.25, 0.3) is 21.8 Å². The fourth-order valence-electron chi connectivity index (χ4n) is 4.73. The Kier molecular flexibility index (Phi) is 5.59. The van der Waals surface area contributed by atoms with Gasteiger partial charge in [0.25, 0.3) is 0 Å². The second-order valence-corrected chi connectivity index (χ2v) is 8.54. The zero-order valence-electron chi connectivity index (χ0n) is 17.7. The van der Waals surface area contributed by atoms with E-state index in [1.165, 1.54) is 12.1 Å². The van der Waals surface area contributed by atoms with Crippen LogP contribution in [-0.4, -0.2) is 41.1 Å². The maximum absolute atomic E-state index is 13.0. The highest BCUT2D eigenvalue weighted by molar-refractivity contribution is 5.84. The van der Waals surface area contributed by atoms with Crippen LogP contribution in [0.5, 0.6) is 5.88 Å². The summed E-state index contributed by atoms with van der Waals surface area (Å²) in [5.41, 5.74) is 2.17. The van der Waals surface area contributed by atoms with Crippen molar-refractivity contribution in [3.8, 4) is 5.88 Å². The van der Waals surface area contributed by atoms with Gasteiger partial charge in [0.2, 0.25) is 0 Å². The van der Waals surface area contributed by atoms with Crippen molar-refractivity contribution in [2.24, 2.45) is 0 Å². The van der Waals surface area contributed by atoms with E-state index in [1.54, 1.807) is 6.07 Å². The molecule has 32 heavy (non-hydrogen) atoms. The third-order valence-corrected chi connectivity index (χ3v) is 6.45. The number of para-hydroxylation sites is 1. The molecule has 2 aromatic heterocycles. The molecule has 0 spiro atoms. The summed E-state index contributed by atoms with van der Waals surface area (Å²) in [4.78, 5) is 8.77. The van der Waals surface area contributed by atoms with E-state index >= 15 is 0 Å². The van der Waals surface area contributed by atoms with E-state index in [1.807, 2.05) is 30.5 Å². The third-order valence-electron chi connectivity index (χ3n) is 6.45. The Morgan fingerprint density at radius 2 is 1.81 bits per heavy atom. The number of hydrogen-bond donors (Lipinski definition) is 2. The Morgan fingerprint density at radius 1 is 1.00 bits per heavy atom. The van der Waals surface area contributed by atoms with Gasteiger partial charge in [-0.3, -0.25) is 0 Å². The van der Waals surface area contributed by atoms with Gasteiger partial charge in [-0.25, -0.2) is 0 Å². The molecule has 0 atom stereocenters. The second kappa shape index (κ2) is 8.54. The van der Waals surface area contributed by atoms with Gasteiger partial charge in [0.05, 0.1) is 12.2 Å². The minimum absolute atomic E-state index is 0.374. The van der Waals surface area contributed by atoms with E-state index in [-0.39, 0.29) is 0 Å². The molecule has 5 rings (SSSR count). The topological polar surface area (TPSA) is 44.0 Å². The average molecular weight is 441 g/mol. The van der Waals surface area contributed by atoms with Crippen LogP contribution in [0.15, 0.2) is 54.7 Å². The van der Waals surface area contributed by atoms with Gasteiger partial charge in [0.1, 0.15) is 0 Å². The fourth-order valence-corrected chi connectivity index (χ4v) is 4.73. The van der Waals surface area contributed by atoms with Crippen LogP contribution >= 0.6 is 0 Å². The van der Waals surface area contributed by atoms with Gasteiger partial charge in [-0.1, -0.05) is 24.3 Å². The summed E-state index contributed by atoms with van der Waals surface area (Å²) >= 11 is 0. The summed E-state index contributed by atoms with van der Waals surface area (Å²) in [5.74, 6) is 1.18. The highest BCUT2D eigenvalue weighted by Crippen LogP contribution is 2.36. The molecule has 0 amide bonds. The molecule has 4 aromatic rings. The number of hydrogen-bond acceptors (Lipinski definition) is 2. The number of likely N-dealkylation sites (tertiary alicyclic amines) is 1. The number of alkyl halides is 3. The van der Waals surface area contributed by atoms with Gasteiger partial charge >= 0.3 is 6.18 Å². The Labute approximate surface area is 184 Å². The third kappa shape index (κ3) is 4.35. The van der Waals surface area contributed by atoms with Gasteiger partial charge in [-0.05, 0) is 62.0 Å². The Bertz CT molecular complexity index is 1170. The number of aromatic amines is 2. The number of rotatable bonds is 6. The minimum Gasteiger partial charge on any atom is -0.479 e. The molecule has 0 bridgehead atoms. The standard InChI is InChI=1S/C25H26F3N3O/c26-25(27,28)19-6-7-20-21(16-29-23(20)15-19)17-8-11-31(12-9-17)10-3-13-32-24-14-18-4-1-2-5-22(18)30-24/h1-2,4-7,14-17,29-30H,3,8-13H2. The van der Waals surface area contributed by atoms with Gasteiger partial charge in [-0.2, -0.15) is 13.2 Å². The maximum atomic E-state index is 13.0. The predicted octanol–water partition coefficient (Wildman–Crippen LogP) is 6.32. The molecule has 1 aliphatic heterocycles. The van der Waals surface area contributed by atoms with E-state index in [0.29, 0.717) is 18.0 Å². The number of nitrogens with one attached hydrogen (secondary N) is 2. The first-order valence-corrected chi connectivity index (χ1v) is 11.1. The lowest BCUT2D eigenvalue weighted by Crippen LogP contribution is -2.34. The van der Waals surface area contributed by atoms with Crippen molar-refractivity contribution in [3.63, 3.8) is 0 Å². The smallest absolute Gasteiger partial charge is 0.416 e. The SMILES string of the molecule is FC(F)(F)c1ccc2c(C3CCN(CCCOc4cc5ccccc5[nH]4)CC3)c[nH]c2c1. The number of ether oxygens (including phenoxy) is 1. The summed E-state index contributed by atoms with van der Waals surface area (Å²) in [7, 11) is 0. The summed E-state index contributed by atoms with van der Waals surface area (Å²) in [6, 6.07) is 14.1. The van der Waals surface area contributed by atoms with Crippen LogP contribution in [0.2, 0.25) is 0 Å². The van der Waals surface area contributed by atoms with E-state index in [9.17, 15) is 13.2 Å². The molecule has 4 nitrogen and oxygen atoms in total. The first-order chi connectivity index (χ1) is 15.5. The normalized spacial score (nSPS) is 16.2. The second-order valence-electron chi connectivity index (χ2n) is 8.54. The van der Waals surface area contributed by atoms with Gasteiger partial charge in [-0.15, -0.1) is 0 Å². The molecule has 2 N–H and O–H groups in total. The van der Waals surface area contributed by atoms with Crippen molar-refractivity contribution in [1.29, 1.82) is 0 Å². The zero-order valence-corrected chi connectivity index (χ0v) is 17.7. The number of benzene rings is 2. The molecule has 0 radical (unpaired) electrons. The molecule has 7 heteroatoms. The summed E-state index contributed by atoms with van der Waals surface area (Å²) in [6.45, 7) is 3.63. The first-order valence-electron chi connectivity index (χ1n) is 11.1. The van der Waals surface area contributed by atoms with Gasteiger partial charge in [0, 0.05) is 40.6 Å². The lowest BCUT2D eigenvalue weighted by molar-refractivity contribution is -0.137. The molecule has 1 fully saturated rings. The fraction of sp³-hybridized carbons (Fsp3) is 0.360. The molecular weight excluding hydrogens is 415 g/mol. The quantitative estimate of drug-likeness (QED) is 0.344. The van der Waals surface area contributed by atoms with Crippen molar-refractivity contribution in [3.05, 3.63) is 65.9 Å². The van der Waals surface area contributed by atoms with Crippen LogP contribution in [-0.2, 0) is 6.18 Å². The average Bonchev–Trinajstić information content (AvgIpc) is 3.40. The number of nitrogens with zero attached hydrogens (tertiary/aromatic N) is 1. The molecule has 1 saturated heterocycles. The first kappa shape index (κ1) is 20.9. The molecular formula is C25H26F3N3O. The summed E-state index contributed by atoms with van der Waals surface area (Å²) in [6.07, 6.45) is 0.545. The minimum atomic E-state index is -4.32. The van der Waals surface area contributed by atoms with E-state index in [0.717, 1.165) is 66.6 Å². The largest absolute Gasteiger partial charge is 0.479 e. The molecule has 0 unspecified atom stereocenters. The zero-order chi connectivity index (χ0) is 22.1. The lowest BCUT2D eigenvalue weighted by atomic mass is 9.89. The Hall–Kier alpha value is -2.93. The van der Waals surface area contributed by atoms with Crippen LogP contribution in [0, 0.1) is 0 Å². The van der Waals surface area contributed by atoms with E-state index < -0.39 is 11.7 Å². The molecule has 2 aromatic carbocycles. The number of piperidine rings is 1. The predicted molar refractivity (Wildman–Crippen MR) is 120 cm³/mol. The number of H-pyrrole nitrogens is 2. The number of halogens is 3. The highest BCUT2D eigenvalue weighted by atomic mass is 19.4. The van der Waals surface area contributed by atoms with Gasteiger partial charge < -0.3 is 19.6 Å². The monoisotopic (exact) mass is 441 g/mol. The van der Waals surface area contributed by atoms with E-state index in [4.69, 9.17) is 4.74 Å². The van der Waals surface area contributed by atoms with Crippen LogP contribution < -0.4 is 4.74 Å². The Balaban J connectivity index is 1.11. The van der Waals surface area contributed by atoms with Crippen molar-refractivity contribution in [2.45, 2.75) is 31.4 Å². The molecule has 1 aliphatic rings. The van der Waals surface area contributed by atoms with Crippen molar-refractivity contribution in [2.75, 3.05) is 26.2 Å². The molecule has 0 saturated carbocycles. The van der Waals surface area contributed by atoms with Crippen LogP contribution in [0.3, 0.4) is 0 Å². The van der Waals surface area contributed by atoms with Crippen molar-refractivity contribution < 1.29 is 17.9 Å².